The van der Waals surface area contributed by atoms with Gasteiger partial charge in [-0.15, -0.1) is 12.3 Å². The molecule has 0 aromatic carbocycles. The van der Waals surface area contributed by atoms with Crippen LogP contribution in [0.2, 0.25) is 0 Å². The zero-order valence-corrected chi connectivity index (χ0v) is 14.0. The van der Waals surface area contributed by atoms with Crippen LogP contribution in [-0.2, 0) is 9.53 Å². The Bertz CT molecular complexity index is 444. The molecule has 0 aromatic rings. The number of carbonyl (C=O) groups excluding carboxylic acids is 1. The van der Waals surface area contributed by atoms with Crippen molar-refractivity contribution in [3.8, 4) is 12.3 Å². The molecular formula is C16H22Cl2O2. The molecule has 20 heavy (non-hydrogen) atoms. The molecule has 1 fully saturated rings. The quantitative estimate of drug-likeness (QED) is 0.524. The van der Waals surface area contributed by atoms with Crippen molar-refractivity contribution in [2.75, 3.05) is 0 Å². The number of terminal acetylenes is 1. The van der Waals surface area contributed by atoms with Crippen LogP contribution in [0, 0.1) is 29.6 Å². The molecule has 0 spiro atoms. The number of ether oxygens (including phenoxy) is 1. The lowest BCUT2D eigenvalue weighted by molar-refractivity contribution is -0.161. The van der Waals surface area contributed by atoms with Gasteiger partial charge in [0.25, 0.3) is 0 Å². The largest absolute Gasteiger partial charge is 0.458 e. The topological polar surface area (TPSA) is 26.3 Å². The molecule has 2 nitrogen and oxygen atoms in total. The second-order valence-electron chi connectivity index (χ2n) is 6.28. The van der Waals surface area contributed by atoms with E-state index >= 15 is 0 Å². The van der Waals surface area contributed by atoms with Gasteiger partial charge in [-0.3, -0.25) is 4.79 Å². The molecule has 4 heteroatoms. The highest BCUT2D eigenvalue weighted by Crippen LogP contribution is 2.60. The lowest BCUT2D eigenvalue weighted by Crippen LogP contribution is -2.32. The SMILES string of the molecule is C#CCC(C)(CCC)OC(=O)C1C(C=C(Cl)Cl)C1(C)C. The predicted octanol–water partition coefficient (Wildman–Crippen LogP) is 4.70. The lowest BCUT2D eigenvalue weighted by atomic mass is 9.96. The van der Waals surface area contributed by atoms with Crippen molar-refractivity contribution in [1.29, 1.82) is 0 Å². The summed E-state index contributed by atoms with van der Waals surface area (Å²) in [6.07, 6.45) is 9.19. The first-order valence-electron chi connectivity index (χ1n) is 6.87. The summed E-state index contributed by atoms with van der Waals surface area (Å²) < 4.78 is 5.89. The number of hydrogen-bond donors (Lipinski definition) is 0. The van der Waals surface area contributed by atoms with Crippen LogP contribution in [-0.4, -0.2) is 11.6 Å². The van der Waals surface area contributed by atoms with Crippen molar-refractivity contribution in [2.24, 2.45) is 17.3 Å². The molecule has 112 valence electrons. The summed E-state index contributed by atoms with van der Waals surface area (Å²) in [4.78, 5) is 12.4. The maximum Gasteiger partial charge on any atom is 0.310 e. The van der Waals surface area contributed by atoms with Gasteiger partial charge in [0, 0.05) is 6.42 Å². The minimum absolute atomic E-state index is 0.0247. The Kier molecular flexibility index (Phi) is 5.58. The molecule has 0 bridgehead atoms. The van der Waals surface area contributed by atoms with Gasteiger partial charge in [-0.05, 0) is 30.8 Å². The summed E-state index contributed by atoms with van der Waals surface area (Å²) in [6.45, 7) is 7.95. The summed E-state index contributed by atoms with van der Waals surface area (Å²) in [5, 5.41) is 0. The fourth-order valence-corrected chi connectivity index (χ4v) is 3.07. The van der Waals surface area contributed by atoms with Crippen molar-refractivity contribution in [3.63, 3.8) is 0 Å². The van der Waals surface area contributed by atoms with Crippen LogP contribution in [0.15, 0.2) is 10.6 Å². The summed E-state index contributed by atoms with van der Waals surface area (Å²) >= 11 is 11.4. The second-order valence-corrected chi connectivity index (χ2v) is 7.29. The normalized spacial score (nSPS) is 26.1. The monoisotopic (exact) mass is 316 g/mol. The molecular weight excluding hydrogens is 295 g/mol. The lowest BCUT2D eigenvalue weighted by Gasteiger charge is -2.27. The van der Waals surface area contributed by atoms with Gasteiger partial charge in [-0.25, -0.2) is 0 Å². The van der Waals surface area contributed by atoms with Crippen molar-refractivity contribution in [2.45, 2.75) is 52.6 Å². The van der Waals surface area contributed by atoms with E-state index in [1.54, 1.807) is 6.08 Å². The highest BCUT2D eigenvalue weighted by atomic mass is 35.5. The third-order valence-electron chi connectivity index (χ3n) is 4.07. The van der Waals surface area contributed by atoms with E-state index in [0.29, 0.717) is 6.42 Å². The molecule has 1 aliphatic rings. The molecule has 0 aliphatic heterocycles. The molecule has 1 aliphatic carbocycles. The van der Waals surface area contributed by atoms with E-state index in [4.69, 9.17) is 34.4 Å². The molecule has 0 saturated heterocycles. The second kappa shape index (κ2) is 6.41. The maximum atomic E-state index is 12.4. The number of esters is 1. The smallest absolute Gasteiger partial charge is 0.310 e. The van der Waals surface area contributed by atoms with E-state index < -0.39 is 5.60 Å². The third-order valence-corrected chi connectivity index (χ3v) is 4.32. The zero-order valence-electron chi connectivity index (χ0n) is 12.5. The zero-order chi connectivity index (χ0) is 15.6. The van der Waals surface area contributed by atoms with Crippen molar-refractivity contribution in [3.05, 3.63) is 10.6 Å². The van der Waals surface area contributed by atoms with Crippen LogP contribution < -0.4 is 0 Å². The number of halogens is 2. The molecule has 1 saturated carbocycles. The summed E-state index contributed by atoms with van der Waals surface area (Å²) in [7, 11) is 0. The van der Waals surface area contributed by atoms with Gasteiger partial charge in [0.05, 0.1) is 5.92 Å². The van der Waals surface area contributed by atoms with Gasteiger partial charge in [0.2, 0.25) is 0 Å². The van der Waals surface area contributed by atoms with E-state index in [0.717, 1.165) is 12.8 Å². The fourth-order valence-electron chi connectivity index (χ4n) is 2.80. The summed E-state index contributed by atoms with van der Waals surface area (Å²) in [5.41, 5.74) is -0.756. The molecule has 0 aromatic heterocycles. The molecule has 0 heterocycles. The number of hydrogen-bond acceptors (Lipinski definition) is 2. The Hall–Kier alpha value is -0.650. The molecule has 0 radical (unpaired) electrons. The van der Waals surface area contributed by atoms with Gasteiger partial charge in [0.1, 0.15) is 10.1 Å². The van der Waals surface area contributed by atoms with Crippen LogP contribution in [0.5, 0.6) is 0 Å². The minimum atomic E-state index is -0.585. The predicted molar refractivity (Wildman–Crippen MR) is 83.4 cm³/mol. The maximum absolute atomic E-state index is 12.4. The first-order chi connectivity index (χ1) is 9.18. The van der Waals surface area contributed by atoms with Gasteiger partial charge >= 0.3 is 5.97 Å². The van der Waals surface area contributed by atoms with Gasteiger partial charge in [-0.1, -0.05) is 50.4 Å². The average Bonchev–Trinajstić information content (AvgIpc) is 2.79. The van der Waals surface area contributed by atoms with E-state index in [-0.39, 0.29) is 27.7 Å². The Morgan fingerprint density at radius 1 is 1.50 bits per heavy atom. The first kappa shape index (κ1) is 17.4. The van der Waals surface area contributed by atoms with Crippen molar-refractivity contribution < 1.29 is 9.53 Å². The van der Waals surface area contributed by atoms with E-state index in [9.17, 15) is 4.79 Å². The summed E-state index contributed by atoms with van der Waals surface area (Å²) in [5.74, 6) is 2.20. The number of carbonyl (C=O) groups is 1. The average molecular weight is 317 g/mol. The Morgan fingerprint density at radius 3 is 2.55 bits per heavy atom. The third kappa shape index (κ3) is 3.93. The fraction of sp³-hybridized carbons (Fsp3) is 0.688. The van der Waals surface area contributed by atoms with Crippen LogP contribution in [0.1, 0.15) is 47.0 Å². The highest BCUT2D eigenvalue weighted by molar-refractivity contribution is 6.55. The highest BCUT2D eigenvalue weighted by Gasteiger charge is 2.62. The van der Waals surface area contributed by atoms with Gasteiger partial charge in [0.15, 0.2) is 0 Å². The Labute approximate surface area is 131 Å². The molecule has 1 rings (SSSR count). The molecule has 3 atom stereocenters. The van der Waals surface area contributed by atoms with Crippen LogP contribution >= 0.6 is 23.2 Å². The van der Waals surface area contributed by atoms with E-state index in [1.807, 2.05) is 27.7 Å². The van der Waals surface area contributed by atoms with E-state index in [2.05, 4.69) is 5.92 Å². The van der Waals surface area contributed by atoms with E-state index in [1.165, 1.54) is 0 Å². The Morgan fingerprint density at radius 2 is 2.10 bits per heavy atom. The molecule has 0 amide bonds. The van der Waals surface area contributed by atoms with Gasteiger partial charge in [-0.2, -0.15) is 0 Å². The van der Waals surface area contributed by atoms with Crippen molar-refractivity contribution >= 4 is 29.2 Å². The number of rotatable bonds is 6. The van der Waals surface area contributed by atoms with Crippen LogP contribution in [0.3, 0.4) is 0 Å². The van der Waals surface area contributed by atoms with Gasteiger partial charge < -0.3 is 4.74 Å². The minimum Gasteiger partial charge on any atom is -0.458 e. The molecule has 3 unspecified atom stereocenters. The van der Waals surface area contributed by atoms with Crippen LogP contribution in [0.4, 0.5) is 0 Å². The molecule has 0 N–H and O–H groups in total. The number of allylic oxidation sites excluding steroid dienone is 1. The first-order valence-corrected chi connectivity index (χ1v) is 7.62. The standard InChI is InChI=1S/C16H22Cl2O2/c1-6-8-16(5,9-7-2)20-14(19)13-11(10-12(17)18)15(13,3)4/h1,10-11,13H,7-9H2,2-5H3. The summed E-state index contributed by atoms with van der Waals surface area (Å²) in [6, 6.07) is 0. The Balaban J connectivity index is 2.77. The van der Waals surface area contributed by atoms with Crippen LogP contribution in [0.25, 0.3) is 0 Å². The van der Waals surface area contributed by atoms with Crippen molar-refractivity contribution in [1.82, 2.24) is 0 Å².